The molecule has 2 atom stereocenters. The van der Waals surface area contributed by atoms with Gasteiger partial charge in [-0.05, 0) is 61.5 Å². The number of benzene rings is 2. The van der Waals surface area contributed by atoms with E-state index < -0.39 is 5.60 Å². The topological polar surface area (TPSA) is 45.6 Å². The Morgan fingerprint density at radius 1 is 1.14 bits per heavy atom. The monoisotopic (exact) mass is 408 g/mol. The van der Waals surface area contributed by atoms with Crippen molar-refractivity contribution in [3.05, 3.63) is 70.4 Å². The molecular weight excluding hydrogens is 384 g/mol. The van der Waals surface area contributed by atoms with Crippen LogP contribution in [-0.2, 0) is 18.3 Å². The van der Waals surface area contributed by atoms with E-state index in [9.17, 15) is 5.11 Å². The summed E-state index contributed by atoms with van der Waals surface area (Å²) in [5, 5.41) is 13.7. The fraction of sp³-hybridized carbons (Fsp3) is 0.375. The van der Waals surface area contributed by atoms with Crippen LogP contribution in [0.3, 0.4) is 0 Å². The van der Waals surface area contributed by atoms with Gasteiger partial charge in [0.25, 0.3) is 0 Å². The molecule has 5 rings (SSSR count). The maximum atomic E-state index is 12.1. The Kier molecular flexibility index (Phi) is 4.35. The summed E-state index contributed by atoms with van der Waals surface area (Å²) in [6.45, 7) is 1.57. The van der Waals surface area contributed by atoms with E-state index in [4.69, 9.17) is 21.3 Å². The molecule has 1 aliphatic carbocycles. The highest BCUT2D eigenvalue weighted by atomic mass is 35.5. The summed E-state index contributed by atoms with van der Waals surface area (Å²) in [7, 11) is 3.77. The van der Waals surface area contributed by atoms with Gasteiger partial charge in [0.1, 0.15) is 5.75 Å². The lowest BCUT2D eigenvalue weighted by Gasteiger charge is -2.56. The number of piperidine rings is 1. The van der Waals surface area contributed by atoms with Gasteiger partial charge in [-0.15, -0.1) is 0 Å². The smallest absolute Gasteiger partial charge is 0.119 e. The molecule has 0 saturated carbocycles. The summed E-state index contributed by atoms with van der Waals surface area (Å²) in [4.78, 5) is 7.22. The molecule has 1 aliphatic heterocycles. The first-order chi connectivity index (χ1) is 13.9. The van der Waals surface area contributed by atoms with Crippen LogP contribution in [0, 0.1) is 0 Å². The van der Waals surface area contributed by atoms with Gasteiger partial charge in [-0.1, -0.05) is 29.8 Å². The molecule has 1 aromatic heterocycles. The molecular formula is C24H25ClN2O2. The quantitative estimate of drug-likeness (QED) is 0.696. The second kappa shape index (κ2) is 6.69. The van der Waals surface area contributed by atoms with Crippen LogP contribution in [0.15, 0.2) is 48.5 Å². The third kappa shape index (κ3) is 2.85. The molecule has 1 fully saturated rings. The third-order valence-corrected chi connectivity index (χ3v) is 7.22. The van der Waals surface area contributed by atoms with Crippen molar-refractivity contribution in [2.24, 2.45) is 0 Å². The second-order valence-corrected chi connectivity index (χ2v) is 8.99. The molecule has 0 bridgehead atoms. The highest BCUT2D eigenvalue weighted by Crippen LogP contribution is 2.50. The van der Waals surface area contributed by atoms with Gasteiger partial charge < -0.3 is 14.7 Å². The molecule has 2 aliphatic rings. The van der Waals surface area contributed by atoms with Crippen molar-refractivity contribution >= 4 is 22.5 Å². The zero-order valence-corrected chi connectivity index (χ0v) is 17.5. The number of aromatic nitrogens is 1. The fourth-order valence-electron chi connectivity index (χ4n) is 5.35. The second-order valence-electron chi connectivity index (χ2n) is 8.59. The molecule has 3 aromatic rings. The molecule has 0 amide bonds. The van der Waals surface area contributed by atoms with Crippen molar-refractivity contribution in [1.29, 1.82) is 0 Å². The maximum Gasteiger partial charge on any atom is 0.119 e. The summed E-state index contributed by atoms with van der Waals surface area (Å²) >= 11 is 6.43. The molecule has 150 valence electrons. The number of pyridine rings is 1. The van der Waals surface area contributed by atoms with Crippen LogP contribution < -0.4 is 4.74 Å². The number of β-amino-alcohol motifs (C(OH)–C–C–N with tert-alkyl or cyclic N) is 1. The number of halogens is 1. The van der Waals surface area contributed by atoms with E-state index in [-0.39, 0.29) is 5.41 Å². The summed E-state index contributed by atoms with van der Waals surface area (Å²) in [6.07, 6.45) is 2.15. The van der Waals surface area contributed by atoms with E-state index in [1.165, 1.54) is 0 Å². The van der Waals surface area contributed by atoms with Crippen molar-refractivity contribution < 1.29 is 9.84 Å². The molecule has 4 nitrogen and oxygen atoms in total. The minimum Gasteiger partial charge on any atom is -0.497 e. The SMILES string of the molecule is COc1cccc([C@@]23CCN(C)C[C@@]2(O)Cc2cc4c(Cl)cccc4nc2C3)c1. The lowest BCUT2D eigenvalue weighted by Crippen LogP contribution is -2.66. The van der Waals surface area contributed by atoms with Gasteiger partial charge in [0.05, 0.1) is 18.2 Å². The van der Waals surface area contributed by atoms with Gasteiger partial charge in [0.15, 0.2) is 0 Å². The molecule has 0 unspecified atom stereocenters. The minimum atomic E-state index is -0.879. The van der Waals surface area contributed by atoms with E-state index in [0.29, 0.717) is 24.4 Å². The number of rotatable bonds is 2. The number of likely N-dealkylation sites (tertiary alicyclic amines) is 1. The normalized spacial score (nSPS) is 26.8. The molecule has 1 saturated heterocycles. The number of hydrogen-bond donors (Lipinski definition) is 1. The fourth-order valence-corrected chi connectivity index (χ4v) is 5.58. The lowest BCUT2D eigenvalue weighted by atomic mass is 9.56. The Morgan fingerprint density at radius 2 is 1.97 bits per heavy atom. The zero-order chi connectivity index (χ0) is 20.2. The Hall–Kier alpha value is -2.14. The van der Waals surface area contributed by atoms with Crippen molar-refractivity contribution in [1.82, 2.24) is 9.88 Å². The predicted molar refractivity (Wildman–Crippen MR) is 116 cm³/mol. The Morgan fingerprint density at radius 3 is 2.79 bits per heavy atom. The van der Waals surface area contributed by atoms with Crippen LogP contribution in [-0.4, -0.2) is 47.8 Å². The van der Waals surface area contributed by atoms with Crippen LogP contribution in [0.4, 0.5) is 0 Å². The van der Waals surface area contributed by atoms with Crippen LogP contribution in [0.25, 0.3) is 10.9 Å². The van der Waals surface area contributed by atoms with E-state index in [1.807, 2.05) is 30.3 Å². The Labute approximate surface area is 176 Å². The summed E-state index contributed by atoms with van der Waals surface area (Å²) in [6, 6.07) is 16.2. The largest absolute Gasteiger partial charge is 0.497 e. The predicted octanol–water partition coefficient (Wildman–Crippen LogP) is 4.00. The van der Waals surface area contributed by atoms with Crippen molar-refractivity contribution in [3.63, 3.8) is 0 Å². The molecule has 1 N–H and O–H groups in total. The van der Waals surface area contributed by atoms with Crippen molar-refractivity contribution in [2.45, 2.75) is 30.3 Å². The highest BCUT2D eigenvalue weighted by molar-refractivity contribution is 6.35. The minimum absolute atomic E-state index is 0.389. The van der Waals surface area contributed by atoms with Crippen LogP contribution in [0.1, 0.15) is 23.2 Å². The van der Waals surface area contributed by atoms with Crippen LogP contribution in [0.5, 0.6) is 5.75 Å². The summed E-state index contributed by atoms with van der Waals surface area (Å²) in [5.74, 6) is 0.821. The van der Waals surface area contributed by atoms with Crippen molar-refractivity contribution in [2.75, 3.05) is 27.2 Å². The first-order valence-electron chi connectivity index (χ1n) is 10.1. The number of hydrogen-bond acceptors (Lipinski definition) is 4. The summed E-state index contributed by atoms with van der Waals surface area (Å²) < 4.78 is 5.49. The average molecular weight is 409 g/mol. The first-order valence-corrected chi connectivity index (χ1v) is 10.4. The first kappa shape index (κ1) is 18.9. The molecule has 2 heterocycles. The van der Waals surface area contributed by atoms with E-state index in [1.54, 1.807) is 7.11 Å². The molecule has 5 heteroatoms. The number of likely N-dealkylation sites (N-methyl/N-ethyl adjacent to an activating group) is 1. The molecule has 0 spiro atoms. The number of methoxy groups -OCH3 is 1. The maximum absolute atomic E-state index is 12.1. The number of aliphatic hydroxyl groups is 1. The molecule has 2 aromatic carbocycles. The summed E-state index contributed by atoms with van der Waals surface area (Å²) in [5.41, 5.74) is 2.94. The number of fused-ring (bicyclic) bond motifs is 3. The Bertz CT molecular complexity index is 1100. The lowest BCUT2D eigenvalue weighted by molar-refractivity contribution is -0.0976. The van der Waals surface area contributed by atoms with E-state index in [2.05, 4.69) is 30.1 Å². The van der Waals surface area contributed by atoms with Crippen LogP contribution >= 0.6 is 11.6 Å². The van der Waals surface area contributed by atoms with Gasteiger partial charge in [0, 0.05) is 40.9 Å². The molecule has 29 heavy (non-hydrogen) atoms. The van der Waals surface area contributed by atoms with Gasteiger partial charge in [0.2, 0.25) is 0 Å². The molecule has 0 radical (unpaired) electrons. The zero-order valence-electron chi connectivity index (χ0n) is 16.8. The number of ether oxygens (including phenoxy) is 1. The standard InChI is InChI=1S/C24H25ClN2O2/c1-27-10-9-23(17-5-3-6-18(12-17)29-2)14-22-16(13-24(23,28)15-27)11-19-20(25)7-4-8-21(19)26-22/h3-8,11-12,28H,9-10,13-15H2,1-2H3/t23-,24-/m0/s1. The van der Waals surface area contributed by atoms with Crippen molar-refractivity contribution in [3.8, 4) is 5.75 Å². The number of nitrogens with zero attached hydrogens (tertiary/aromatic N) is 2. The van der Waals surface area contributed by atoms with Gasteiger partial charge >= 0.3 is 0 Å². The Balaban J connectivity index is 1.71. The van der Waals surface area contributed by atoms with E-state index >= 15 is 0 Å². The van der Waals surface area contributed by atoms with Gasteiger partial charge in [-0.25, -0.2) is 0 Å². The third-order valence-electron chi connectivity index (χ3n) is 6.89. The average Bonchev–Trinajstić information content (AvgIpc) is 2.71. The van der Waals surface area contributed by atoms with Gasteiger partial charge in [-0.2, -0.15) is 0 Å². The van der Waals surface area contributed by atoms with E-state index in [0.717, 1.165) is 46.4 Å². The van der Waals surface area contributed by atoms with Crippen LogP contribution in [0.2, 0.25) is 5.02 Å². The highest BCUT2D eigenvalue weighted by Gasteiger charge is 2.57. The van der Waals surface area contributed by atoms with Gasteiger partial charge in [-0.3, -0.25) is 4.98 Å².